The van der Waals surface area contributed by atoms with Crippen molar-refractivity contribution in [3.05, 3.63) is 53.3 Å². The fourth-order valence-corrected chi connectivity index (χ4v) is 3.84. The summed E-state index contributed by atoms with van der Waals surface area (Å²) in [6.07, 6.45) is 4.96. The van der Waals surface area contributed by atoms with Gasteiger partial charge in [0.05, 0.1) is 11.3 Å². The van der Waals surface area contributed by atoms with Crippen LogP contribution in [-0.4, -0.2) is 60.5 Å². The summed E-state index contributed by atoms with van der Waals surface area (Å²) in [7, 11) is 3.86. The first-order valence-corrected chi connectivity index (χ1v) is 10.6. The molecular formula is C23H33N5O. The molecule has 6 heteroatoms. The Labute approximate surface area is 174 Å². The third-order valence-electron chi connectivity index (χ3n) is 5.31. The molecule has 0 saturated carbocycles. The van der Waals surface area contributed by atoms with Crippen molar-refractivity contribution in [2.75, 3.05) is 38.6 Å². The van der Waals surface area contributed by atoms with Gasteiger partial charge in [-0.25, -0.2) is 9.97 Å². The fourth-order valence-electron chi connectivity index (χ4n) is 3.84. The Bertz CT molecular complexity index is 806. The molecule has 29 heavy (non-hydrogen) atoms. The quantitative estimate of drug-likeness (QED) is 0.744. The lowest BCUT2D eigenvalue weighted by atomic mass is 9.99. The maximum Gasteiger partial charge on any atom is 0.254 e. The molecule has 0 bridgehead atoms. The molecule has 1 atom stereocenters. The monoisotopic (exact) mass is 395 g/mol. The van der Waals surface area contributed by atoms with Gasteiger partial charge in [0.1, 0.15) is 0 Å². The molecule has 3 rings (SSSR count). The number of likely N-dealkylation sites (tertiary alicyclic amines) is 1. The fraction of sp³-hybridized carbons (Fsp3) is 0.522. The minimum absolute atomic E-state index is 0.0807. The van der Waals surface area contributed by atoms with Crippen molar-refractivity contribution in [3.63, 3.8) is 0 Å². The Kier molecular flexibility index (Phi) is 7.20. The van der Waals surface area contributed by atoms with Crippen molar-refractivity contribution < 1.29 is 4.79 Å². The largest absolute Gasteiger partial charge is 0.350 e. The summed E-state index contributed by atoms with van der Waals surface area (Å²) in [6, 6.07) is 10.7. The highest BCUT2D eigenvalue weighted by Crippen LogP contribution is 2.29. The van der Waals surface area contributed by atoms with E-state index in [2.05, 4.69) is 45.5 Å². The van der Waals surface area contributed by atoms with Crippen LogP contribution in [0.5, 0.6) is 0 Å². The molecule has 1 unspecified atom stereocenters. The smallest absolute Gasteiger partial charge is 0.254 e. The SMILES string of the molecule is CC(C)NC(=O)c1cnc(N(C)C)nc1C1CCN(CCCc2ccccc2)C1. The minimum Gasteiger partial charge on any atom is -0.350 e. The number of carbonyl (C=O) groups excluding carboxylic acids is 1. The Hall–Kier alpha value is -2.47. The van der Waals surface area contributed by atoms with Gasteiger partial charge in [0, 0.05) is 38.8 Å². The van der Waals surface area contributed by atoms with Gasteiger partial charge in [0.15, 0.2) is 0 Å². The molecule has 1 aliphatic rings. The first kappa shape index (κ1) is 21.2. The van der Waals surface area contributed by atoms with Gasteiger partial charge in [-0.1, -0.05) is 30.3 Å². The summed E-state index contributed by atoms with van der Waals surface area (Å²) < 4.78 is 0. The van der Waals surface area contributed by atoms with Gasteiger partial charge in [-0.05, 0) is 51.8 Å². The normalized spacial score (nSPS) is 16.9. The number of benzene rings is 1. The van der Waals surface area contributed by atoms with E-state index in [-0.39, 0.29) is 17.9 Å². The summed E-state index contributed by atoms with van der Waals surface area (Å²) in [6.45, 7) is 7.00. The van der Waals surface area contributed by atoms with Crippen LogP contribution >= 0.6 is 0 Å². The molecule has 1 saturated heterocycles. The van der Waals surface area contributed by atoms with Gasteiger partial charge in [0.25, 0.3) is 5.91 Å². The highest BCUT2D eigenvalue weighted by Gasteiger charge is 2.29. The van der Waals surface area contributed by atoms with Gasteiger partial charge in [-0.15, -0.1) is 0 Å². The molecule has 1 amide bonds. The second kappa shape index (κ2) is 9.83. The number of hydrogen-bond acceptors (Lipinski definition) is 5. The molecule has 0 aliphatic carbocycles. The number of aryl methyl sites for hydroxylation is 1. The highest BCUT2D eigenvalue weighted by atomic mass is 16.1. The van der Waals surface area contributed by atoms with Gasteiger partial charge < -0.3 is 15.1 Å². The predicted molar refractivity (Wildman–Crippen MR) is 118 cm³/mol. The number of rotatable bonds is 8. The van der Waals surface area contributed by atoms with Crippen LogP contribution in [0.2, 0.25) is 0 Å². The van der Waals surface area contributed by atoms with Gasteiger partial charge in [-0.2, -0.15) is 0 Å². The summed E-state index contributed by atoms with van der Waals surface area (Å²) in [4.78, 5) is 26.2. The number of aromatic nitrogens is 2. The third-order valence-corrected chi connectivity index (χ3v) is 5.31. The molecule has 2 heterocycles. The van der Waals surface area contributed by atoms with Gasteiger partial charge in [-0.3, -0.25) is 4.79 Å². The van der Waals surface area contributed by atoms with Crippen molar-refractivity contribution in [1.29, 1.82) is 0 Å². The van der Waals surface area contributed by atoms with Crippen molar-refractivity contribution in [1.82, 2.24) is 20.2 Å². The Morgan fingerprint density at radius 2 is 2.03 bits per heavy atom. The van der Waals surface area contributed by atoms with Gasteiger partial charge in [0.2, 0.25) is 5.95 Å². The van der Waals surface area contributed by atoms with E-state index < -0.39 is 0 Å². The lowest BCUT2D eigenvalue weighted by molar-refractivity contribution is 0.0940. The van der Waals surface area contributed by atoms with Crippen LogP contribution < -0.4 is 10.2 Å². The van der Waals surface area contributed by atoms with Crippen LogP contribution in [-0.2, 0) is 6.42 Å². The minimum atomic E-state index is -0.0807. The molecule has 1 fully saturated rings. The van der Waals surface area contributed by atoms with Crippen LogP contribution in [0, 0.1) is 0 Å². The number of amides is 1. The Morgan fingerprint density at radius 3 is 2.72 bits per heavy atom. The van der Waals surface area contributed by atoms with E-state index in [0.717, 1.165) is 44.6 Å². The lowest BCUT2D eigenvalue weighted by Crippen LogP contribution is -2.32. The molecule has 1 aliphatic heterocycles. The molecule has 1 N–H and O–H groups in total. The van der Waals surface area contributed by atoms with E-state index in [4.69, 9.17) is 4.98 Å². The molecule has 0 spiro atoms. The molecule has 2 aromatic rings. The molecule has 1 aromatic heterocycles. The van der Waals surface area contributed by atoms with Crippen LogP contribution in [0.4, 0.5) is 5.95 Å². The zero-order chi connectivity index (χ0) is 20.8. The van der Waals surface area contributed by atoms with E-state index >= 15 is 0 Å². The Morgan fingerprint density at radius 1 is 1.28 bits per heavy atom. The molecule has 6 nitrogen and oxygen atoms in total. The standard InChI is InChI=1S/C23H33N5O/c1-17(2)25-22(29)20-15-24-23(27(3)4)26-21(20)19-12-14-28(16-19)13-8-11-18-9-6-5-7-10-18/h5-7,9-10,15,17,19H,8,11-14,16H2,1-4H3,(H,25,29). The van der Waals surface area contributed by atoms with E-state index in [1.54, 1.807) is 6.20 Å². The van der Waals surface area contributed by atoms with Crippen LogP contribution in [0.15, 0.2) is 36.5 Å². The lowest BCUT2D eigenvalue weighted by Gasteiger charge is -2.19. The second-order valence-electron chi connectivity index (χ2n) is 8.37. The topological polar surface area (TPSA) is 61.4 Å². The van der Waals surface area contributed by atoms with Crippen molar-refractivity contribution in [2.45, 2.75) is 45.1 Å². The maximum atomic E-state index is 12.7. The predicted octanol–water partition coefficient (Wildman–Crippen LogP) is 3.10. The number of nitrogens with one attached hydrogen (secondary N) is 1. The number of anilines is 1. The van der Waals surface area contributed by atoms with Gasteiger partial charge >= 0.3 is 0 Å². The average molecular weight is 396 g/mol. The average Bonchev–Trinajstić information content (AvgIpc) is 3.16. The number of hydrogen-bond donors (Lipinski definition) is 1. The summed E-state index contributed by atoms with van der Waals surface area (Å²) >= 11 is 0. The molecule has 1 aromatic carbocycles. The van der Waals surface area contributed by atoms with Crippen molar-refractivity contribution in [3.8, 4) is 0 Å². The summed E-state index contributed by atoms with van der Waals surface area (Å²) in [5.74, 6) is 0.841. The van der Waals surface area contributed by atoms with Crippen molar-refractivity contribution in [2.24, 2.45) is 0 Å². The number of nitrogens with zero attached hydrogens (tertiary/aromatic N) is 4. The van der Waals surface area contributed by atoms with E-state index in [1.165, 1.54) is 5.56 Å². The van der Waals surface area contributed by atoms with E-state index in [1.807, 2.05) is 32.8 Å². The zero-order valence-electron chi connectivity index (χ0n) is 18.1. The number of carbonyl (C=O) groups is 1. The zero-order valence-corrected chi connectivity index (χ0v) is 18.1. The first-order valence-electron chi connectivity index (χ1n) is 10.6. The molecular weight excluding hydrogens is 362 g/mol. The van der Waals surface area contributed by atoms with Crippen LogP contribution in [0.25, 0.3) is 0 Å². The third kappa shape index (κ3) is 5.76. The molecule has 156 valence electrons. The summed E-state index contributed by atoms with van der Waals surface area (Å²) in [5.41, 5.74) is 2.88. The Balaban J connectivity index is 1.67. The highest BCUT2D eigenvalue weighted by molar-refractivity contribution is 5.95. The summed E-state index contributed by atoms with van der Waals surface area (Å²) in [5, 5.41) is 2.99. The van der Waals surface area contributed by atoms with Crippen molar-refractivity contribution >= 4 is 11.9 Å². The maximum absolute atomic E-state index is 12.7. The second-order valence-corrected chi connectivity index (χ2v) is 8.37. The molecule has 0 radical (unpaired) electrons. The van der Waals surface area contributed by atoms with E-state index in [9.17, 15) is 4.79 Å². The van der Waals surface area contributed by atoms with Crippen LogP contribution in [0.1, 0.15) is 54.2 Å². The van der Waals surface area contributed by atoms with E-state index in [0.29, 0.717) is 11.5 Å². The van der Waals surface area contributed by atoms with Crippen LogP contribution in [0.3, 0.4) is 0 Å². The first-order chi connectivity index (χ1) is 13.9.